The van der Waals surface area contributed by atoms with Gasteiger partial charge in [0.2, 0.25) is 0 Å². The number of aryl methyl sites for hydroxylation is 2. The van der Waals surface area contributed by atoms with Crippen LogP contribution >= 0.6 is 23.2 Å². The molecule has 1 amide bonds. The van der Waals surface area contributed by atoms with Crippen LogP contribution in [0.25, 0.3) is 5.57 Å². The lowest BCUT2D eigenvalue weighted by Gasteiger charge is -2.31. The average Bonchev–Trinajstić information content (AvgIpc) is 2.60. The van der Waals surface area contributed by atoms with Crippen molar-refractivity contribution in [2.24, 2.45) is 0 Å². The van der Waals surface area contributed by atoms with Gasteiger partial charge < -0.3 is 15.2 Å². The molecule has 5 nitrogen and oxygen atoms in total. The van der Waals surface area contributed by atoms with Crippen LogP contribution in [0.3, 0.4) is 0 Å². The lowest BCUT2D eigenvalue weighted by Crippen LogP contribution is -2.39. The summed E-state index contributed by atoms with van der Waals surface area (Å²) >= 11 is 13.3. The number of benzene rings is 1. The molecule has 0 bridgehead atoms. The Morgan fingerprint density at radius 3 is 2.52 bits per heavy atom. The highest BCUT2D eigenvalue weighted by molar-refractivity contribution is 6.38. The number of allylic oxidation sites excluding steroid dienone is 1. The van der Waals surface area contributed by atoms with Crippen LogP contribution in [-0.4, -0.2) is 35.4 Å². The first-order chi connectivity index (χ1) is 13.8. The minimum Gasteiger partial charge on any atom is -0.334 e. The Labute approximate surface area is 179 Å². The van der Waals surface area contributed by atoms with E-state index in [0.717, 1.165) is 41.0 Å². The largest absolute Gasteiger partial charge is 0.334 e. The molecule has 7 heteroatoms. The summed E-state index contributed by atoms with van der Waals surface area (Å²) in [7, 11) is 0. The van der Waals surface area contributed by atoms with Crippen LogP contribution in [0.1, 0.15) is 45.2 Å². The first-order valence-electron chi connectivity index (χ1n) is 9.67. The zero-order chi connectivity index (χ0) is 20.9. The molecule has 0 radical (unpaired) electrons. The number of hydrogen-bond donors (Lipinski definition) is 2. The fraction of sp³-hybridized carbons (Fsp3) is 0.364. The Kier molecular flexibility index (Phi) is 5.32. The van der Waals surface area contributed by atoms with Crippen molar-refractivity contribution >= 4 is 34.7 Å². The van der Waals surface area contributed by atoms with Gasteiger partial charge in [-0.25, -0.2) is 0 Å². The van der Waals surface area contributed by atoms with Gasteiger partial charge in [-0.15, -0.1) is 0 Å². The van der Waals surface area contributed by atoms with E-state index in [2.05, 4.69) is 10.3 Å². The molecule has 1 aromatic heterocycles. The number of nitrogens with zero attached hydrogens (tertiary/aromatic N) is 1. The smallest absolute Gasteiger partial charge is 0.256 e. The van der Waals surface area contributed by atoms with Gasteiger partial charge in [-0.1, -0.05) is 23.2 Å². The summed E-state index contributed by atoms with van der Waals surface area (Å²) in [6.07, 6.45) is 0.611. The molecule has 2 N–H and O–H groups in total. The van der Waals surface area contributed by atoms with Gasteiger partial charge in [0.25, 0.3) is 11.5 Å². The predicted octanol–water partition coefficient (Wildman–Crippen LogP) is 3.87. The molecule has 1 aromatic carbocycles. The second kappa shape index (κ2) is 7.63. The number of aromatic amines is 1. The number of carbonyl (C=O) groups excluding carboxylic acids is 1. The first-order valence-corrected chi connectivity index (χ1v) is 10.4. The Bertz CT molecular complexity index is 1110. The van der Waals surface area contributed by atoms with E-state index in [1.165, 1.54) is 5.57 Å². The maximum atomic E-state index is 13.4. The summed E-state index contributed by atoms with van der Waals surface area (Å²) in [5.74, 6) is -0.177. The average molecular weight is 432 g/mol. The van der Waals surface area contributed by atoms with Crippen LogP contribution in [0.2, 0.25) is 10.0 Å². The number of nitrogens with one attached hydrogen (secondary N) is 2. The molecule has 1 fully saturated rings. The highest BCUT2D eigenvalue weighted by atomic mass is 35.5. The Balaban J connectivity index is 1.74. The number of aromatic nitrogens is 1. The summed E-state index contributed by atoms with van der Waals surface area (Å²) in [6.45, 7) is 8.15. The summed E-state index contributed by atoms with van der Waals surface area (Å²) in [4.78, 5) is 30.3. The fourth-order valence-corrected chi connectivity index (χ4v) is 4.73. The number of rotatable bonds is 3. The van der Waals surface area contributed by atoms with Crippen molar-refractivity contribution in [3.8, 4) is 0 Å². The van der Waals surface area contributed by atoms with Crippen molar-refractivity contribution in [1.82, 2.24) is 15.2 Å². The number of hydrogen-bond acceptors (Lipinski definition) is 3. The standard InChI is InChI=1S/C22H23Cl2N3O2/c1-11-6-12(2)26-21(28)17(11)10-27-5-4-15-18(23)7-16(13(3)14-8-25-9-14)20(24)19(15)22(27)29/h6-7,25H,4-5,8-10H2,1-3H3,(H,26,28). The first kappa shape index (κ1) is 20.2. The summed E-state index contributed by atoms with van der Waals surface area (Å²) in [5, 5.41) is 4.25. The van der Waals surface area contributed by atoms with Gasteiger partial charge in [-0.2, -0.15) is 0 Å². The van der Waals surface area contributed by atoms with Gasteiger partial charge in [0.1, 0.15) is 0 Å². The Morgan fingerprint density at radius 2 is 1.90 bits per heavy atom. The van der Waals surface area contributed by atoms with Crippen molar-refractivity contribution in [2.75, 3.05) is 19.6 Å². The highest BCUT2D eigenvalue weighted by Gasteiger charge is 2.31. The molecule has 4 rings (SSSR count). The maximum absolute atomic E-state index is 13.4. The number of pyridine rings is 1. The zero-order valence-corrected chi connectivity index (χ0v) is 18.2. The third kappa shape index (κ3) is 3.52. The van der Waals surface area contributed by atoms with E-state index in [9.17, 15) is 9.59 Å². The van der Waals surface area contributed by atoms with Gasteiger partial charge in [0.15, 0.2) is 0 Å². The second-order valence-electron chi connectivity index (χ2n) is 7.83. The number of halogens is 2. The minimum absolute atomic E-state index is 0.156. The topological polar surface area (TPSA) is 65.2 Å². The fourth-order valence-electron chi connectivity index (χ4n) is 4.04. The van der Waals surface area contributed by atoms with E-state index in [-0.39, 0.29) is 18.0 Å². The number of carbonyl (C=O) groups is 1. The molecular formula is C22H23Cl2N3O2. The van der Waals surface area contributed by atoms with E-state index in [1.54, 1.807) is 4.90 Å². The van der Waals surface area contributed by atoms with Crippen LogP contribution in [0.15, 0.2) is 22.5 Å². The van der Waals surface area contributed by atoms with Crippen LogP contribution in [0.5, 0.6) is 0 Å². The number of amides is 1. The van der Waals surface area contributed by atoms with Crippen molar-refractivity contribution in [3.05, 3.63) is 71.6 Å². The van der Waals surface area contributed by atoms with Crippen molar-refractivity contribution < 1.29 is 4.79 Å². The third-order valence-electron chi connectivity index (χ3n) is 5.90. The van der Waals surface area contributed by atoms with Crippen LogP contribution < -0.4 is 10.9 Å². The molecule has 2 aliphatic rings. The molecular weight excluding hydrogens is 409 g/mol. The van der Waals surface area contributed by atoms with Gasteiger partial charge in [-0.3, -0.25) is 9.59 Å². The molecule has 3 heterocycles. The molecule has 1 saturated heterocycles. The molecule has 0 atom stereocenters. The molecule has 29 heavy (non-hydrogen) atoms. The van der Waals surface area contributed by atoms with Crippen molar-refractivity contribution in [1.29, 1.82) is 0 Å². The maximum Gasteiger partial charge on any atom is 0.256 e. The van der Waals surface area contributed by atoms with Crippen LogP contribution in [0, 0.1) is 13.8 Å². The normalized spacial score (nSPS) is 16.0. The molecule has 0 saturated carbocycles. The molecule has 0 spiro atoms. The lowest BCUT2D eigenvalue weighted by atomic mass is 9.91. The minimum atomic E-state index is -0.177. The van der Waals surface area contributed by atoms with Gasteiger partial charge in [0, 0.05) is 35.9 Å². The van der Waals surface area contributed by atoms with Gasteiger partial charge in [0.05, 0.1) is 17.1 Å². The quantitative estimate of drug-likeness (QED) is 0.774. The Morgan fingerprint density at radius 1 is 1.17 bits per heavy atom. The zero-order valence-electron chi connectivity index (χ0n) is 16.7. The van der Waals surface area contributed by atoms with E-state index in [0.29, 0.717) is 34.1 Å². The molecule has 0 aliphatic carbocycles. The number of H-pyrrole nitrogens is 1. The lowest BCUT2D eigenvalue weighted by molar-refractivity contribution is 0.0726. The van der Waals surface area contributed by atoms with Crippen molar-refractivity contribution in [2.45, 2.75) is 33.7 Å². The molecule has 2 aromatic rings. The van der Waals surface area contributed by atoms with E-state index in [1.807, 2.05) is 32.9 Å². The van der Waals surface area contributed by atoms with Crippen LogP contribution in [-0.2, 0) is 13.0 Å². The van der Waals surface area contributed by atoms with E-state index >= 15 is 0 Å². The molecule has 152 valence electrons. The number of fused-ring (bicyclic) bond motifs is 1. The van der Waals surface area contributed by atoms with E-state index in [4.69, 9.17) is 23.2 Å². The Hall–Kier alpha value is -2.08. The van der Waals surface area contributed by atoms with Crippen molar-refractivity contribution in [3.63, 3.8) is 0 Å². The third-order valence-corrected chi connectivity index (χ3v) is 6.63. The SMILES string of the molecule is CC(=C1CNC1)c1cc(Cl)c2c(c1Cl)C(=O)N(Cc1c(C)cc(C)[nH]c1=O)CC2. The van der Waals surface area contributed by atoms with Gasteiger partial charge in [-0.05, 0) is 67.2 Å². The van der Waals surface area contributed by atoms with Gasteiger partial charge >= 0.3 is 0 Å². The molecule has 0 unspecified atom stereocenters. The predicted molar refractivity (Wildman–Crippen MR) is 117 cm³/mol. The highest BCUT2D eigenvalue weighted by Crippen LogP contribution is 2.39. The van der Waals surface area contributed by atoms with Crippen LogP contribution in [0.4, 0.5) is 0 Å². The summed E-state index contributed by atoms with van der Waals surface area (Å²) < 4.78 is 0. The second-order valence-corrected chi connectivity index (χ2v) is 8.61. The van der Waals surface area contributed by atoms with E-state index < -0.39 is 0 Å². The monoisotopic (exact) mass is 431 g/mol. The molecule has 2 aliphatic heterocycles. The summed E-state index contributed by atoms with van der Waals surface area (Å²) in [5.41, 5.74) is 6.53. The summed E-state index contributed by atoms with van der Waals surface area (Å²) in [6, 6.07) is 3.80.